The van der Waals surface area contributed by atoms with Gasteiger partial charge in [-0.25, -0.2) is 4.98 Å². The minimum absolute atomic E-state index is 0.0139. The molecule has 294 valence electrons. The normalized spacial score (nSPS) is 12.5. The minimum Gasteiger partial charge on any atom is -0.456 e. The van der Waals surface area contributed by atoms with E-state index in [1.165, 1.54) is 27.8 Å². The van der Waals surface area contributed by atoms with E-state index in [1.54, 1.807) is 6.20 Å². The Morgan fingerprint density at radius 3 is 1.98 bits per heavy atom. The number of pyridine rings is 2. The van der Waals surface area contributed by atoms with Crippen LogP contribution in [0.2, 0.25) is 0 Å². The molecular formula is C53H51N5O. The van der Waals surface area contributed by atoms with Gasteiger partial charge in [0.05, 0.1) is 39.6 Å². The Hall–Kier alpha value is -6.53. The Bertz CT molecular complexity index is 2990. The van der Waals surface area contributed by atoms with E-state index in [1.807, 2.05) is 24.5 Å². The van der Waals surface area contributed by atoms with Crippen molar-refractivity contribution >= 4 is 32.8 Å². The number of hydrogen-bond donors (Lipinski definition) is 0. The van der Waals surface area contributed by atoms with Crippen LogP contribution in [-0.2, 0) is 16.2 Å². The number of hydrogen-bond acceptors (Lipinski definition) is 3. The molecule has 0 unspecified atom stereocenters. The third kappa shape index (κ3) is 7.18. The van der Waals surface area contributed by atoms with Gasteiger partial charge in [-0.05, 0) is 98.7 Å². The van der Waals surface area contributed by atoms with Gasteiger partial charge in [0.1, 0.15) is 17.3 Å². The van der Waals surface area contributed by atoms with Crippen LogP contribution < -0.4 is 9.30 Å². The summed E-state index contributed by atoms with van der Waals surface area (Å²) in [4.78, 5) is 9.60. The third-order valence-electron chi connectivity index (χ3n) is 11.3. The molecule has 0 aliphatic rings. The molecule has 0 atom stereocenters. The van der Waals surface area contributed by atoms with Crippen molar-refractivity contribution in [1.82, 2.24) is 19.1 Å². The molecule has 9 aromatic rings. The van der Waals surface area contributed by atoms with Gasteiger partial charge < -0.3 is 4.74 Å². The highest BCUT2D eigenvalue weighted by Gasteiger charge is 2.23. The van der Waals surface area contributed by atoms with Crippen molar-refractivity contribution in [3.63, 3.8) is 0 Å². The van der Waals surface area contributed by atoms with Gasteiger partial charge in [0.15, 0.2) is 0 Å². The molecule has 0 aliphatic carbocycles. The number of benzene rings is 5. The zero-order valence-electron chi connectivity index (χ0n) is 35.5. The number of imidazole rings is 1. The average Bonchev–Trinajstić information content (AvgIpc) is 3.76. The van der Waals surface area contributed by atoms with Crippen molar-refractivity contribution in [3.05, 3.63) is 169 Å². The highest BCUT2D eigenvalue weighted by molar-refractivity contribution is 6.10. The molecule has 0 radical (unpaired) electrons. The summed E-state index contributed by atoms with van der Waals surface area (Å²) in [6.45, 7) is 20.3. The molecule has 5 aromatic carbocycles. The van der Waals surface area contributed by atoms with Crippen molar-refractivity contribution in [2.45, 2.75) is 78.6 Å². The Morgan fingerprint density at radius 2 is 1.25 bits per heavy atom. The third-order valence-corrected chi connectivity index (χ3v) is 11.3. The van der Waals surface area contributed by atoms with E-state index in [-0.39, 0.29) is 16.2 Å². The van der Waals surface area contributed by atoms with Gasteiger partial charge in [-0.1, -0.05) is 129 Å². The summed E-state index contributed by atoms with van der Waals surface area (Å²) in [6, 6.07) is 45.3. The lowest BCUT2D eigenvalue weighted by Crippen LogP contribution is -2.31. The predicted octanol–water partition coefficient (Wildman–Crippen LogP) is 12.9. The molecule has 0 fully saturated rings. The highest BCUT2D eigenvalue weighted by Crippen LogP contribution is 2.38. The maximum Gasteiger partial charge on any atom is 0.269 e. The van der Waals surface area contributed by atoms with Crippen LogP contribution in [0, 0.1) is 6.33 Å². The van der Waals surface area contributed by atoms with Gasteiger partial charge in [-0.2, -0.15) is 0 Å². The molecule has 6 heteroatoms. The van der Waals surface area contributed by atoms with E-state index in [0.29, 0.717) is 11.5 Å². The molecule has 0 saturated heterocycles. The Balaban J connectivity index is 1.14. The molecule has 0 spiro atoms. The van der Waals surface area contributed by atoms with Crippen molar-refractivity contribution in [2.75, 3.05) is 0 Å². The van der Waals surface area contributed by atoms with Crippen molar-refractivity contribution < 1.29 is 9.30 Å². The molecule has 0 saturated carbocycles. The van der Waals surface area contributed by atoms with Crippen LogP contribution >= 0.6 is 0 Å². The van der Waals surface area contributed by atoms with E-state index in [9.17, 15) is 0 Å². The van der Waals surface area contributed by atoms with Gasteiger partial charge in [-0.3, -0.25) is 18.7 Å². The van der Waals surface area contributed by atoms with E-state index in [2.05, 4.69) is 203 Å². The Labute approximate surface area is 347 Å². The standard InChI is InChI=1S/C53H51N5O/c1-51(2,3)37-23-24-55-50(29-37)58-46-22-19-36(35-15-11-10-12-16-35)25-45(46)44-21-20-42(31-49(44)58)59-43-30-41(32-54-33-43)57-34-56(47-17-13-14-18-48(47)57)40-27-38(52(4,5)6)26-39(28-40)53(7,8)9/h10-33H,1-9H3. The summed E-state index contributed by atoms with van der Waals surface area (Å²) in [6.07, 6.45) is 9.25. The van der Waals surface area contributed by atoms with Crippen LogP contribution in [0.1, 0.15) is 79.0 Å². The maximum atomic E-state index is 6.69. The van der Waals surface area contributed by atoms with Crippen molar-refractivity contribution in [3.8, 4) is 39.8 Å². The smallest absolute Gasteiger partial charge is 0.269 e. The van der Waals surface area contributed by atoms with Crippen LogP contribution in [0.25, 0.3) is 61.2 Å². The summed E-state index contributed by atoms with van der Waals surface area (Å²) in [5, 5.41) is 2.29. The van der Waals surface area contributed by atoms with Gasteiger partial charge in [-0.15, -0.1) is 0 Å². The molecular weight excluding hydrogens is 723 g/mol. The fraction of sp³-hybridized carbons (Fsp3) is 0.226. The number of fused-ring (bicyclic) bond motifs is 4. The van der Waals surface area contributed by atoms with Gasteiger partial charge >= 0.3 is 0 Å². The van der Waals surface area contributed by atoms with E-state index < -0.39 is 0 Å². The van der Waals surface area contributed by atoms with Gasteiger partial charge in [0.2, 0.25) is 0 Å². The predicted molar refractivity (Wildman–Crippen MR) is 242 cm³/mol. The summed E-state index contributed by atoms with van der Waals surface area (Å²) in [5.74, 6) is 2.21. The molecule has 4 aromatic heterocycles. The zero-order valence-corrected chi connectivity index (χ0v) is 35.5. The summed E-state index contributed by atoms with van der Waals surface area (Å²) in [7, 11) is 0. The summed E-state index contributed by atoms with van der Waals surface area (Å²) in [5.41, 5.74) is 12.2. The Morgan fingerprint density at radius 1 is 0.542 bits per heavy atom. The number of aromatic nitrogens is 5. The second-order valence-electron chi connectivity index (χ2n) is 18.8. The molecule has 0 bridgehead atoms. The number of para-hydroxylation sites is 2. The lowest BCUT2D eigenvalue weighted by molar-refractivity contribution is -0.572. The fourth-order valence-corrected chi connectivity index (χ4v) is 7.90. The molecule has 59 heavy (non-hydrogen) atoms. The lowest BCUT2D eigenvalue weighted by Gasteiger charge is -2.26. The molecule has 9 rings (SSSR count). The number of rotatable bonds is 6. The lowest BCUT2D eigenvalue weighted by atomic mass is 9.80. The monoisotopic (exact) mass is 773 g/mol. The summed E-state index contributed by atoms with van der Waals surface area (Å²) >= 11 is 0. The second kappa shape index (κ2) is 14.1. The SMILES string of the molecule is CC(C)(C)c1cc(-[n+]2[c-]n(-c3cncc(Oc4ccc5c6cc(-c7ccccc7)ccc6n(-c6cc(C(C)(C)C)ccn6)c5c4)c3)c3ccccc32)cc(C(C)(C)C)c1. The first kappa shape index (κ1) is 38.0. The van der Waals surface area contributed by atoms with Crippen LogP contribution in [0.15, 0.2) is 146 Å². The molecule has 4 heterocycles. The first-order valence-corrected chi connectivity index (χ1v) is 20.5. The van der Waals surface area contributed by atoms with Crippen molar-refractivity contribution in [2.24, 2.45) is 0 Å². The zero-order chi connectivity index (χ0) is 41.3. The topological polar surface area (TPSA) is 48.8 Å². The van der Waals surface area contributed by atoms with E-state index >= 15 is 0 Å². The molecule has 6 nitrogen and oxygen atoms in total. The van der Waals surface area contributed by atoms with Gasteiger partial charge in [0, 0.05) is 29.2 Å². The first-order valence-electron chi connectivity index (χ1n) is 20.5. The largest absolute Gasteiger partial charge is 0.456 e. The minimum atomic E-state index is -0.0310. The number of ether oxygens (including phenoxy) is 1. The maximum absolute atomic E-state index is 6.69. The Kier molecular flexibility index (Phi) is 9.08. The van der Waals surface area contributed by atoms with E-state index in [0.717, 1.165) is 50.0 Å². The van der Waals surface area contributed by atoms with Gasteiger partial charge in [0.25, 0.3) is 6.33 Å². The summed E-state index contributed by atoms with van der Waals surface area (Å²) < 4.78 is 13.2. The van der Waals surface area contributed by atoms with Crippen molar-refractivity contribution in [1.29, 1.82) is 0 Å². The van der Waals surface area contributed by atoms with Crippen LogP contribution in [0.4, 0.5) is 0 Å². The van der Waals surface area contributed by atoms with E-state index in [4.69, 9.17) is 9.72 Å². The first-order chi connectivity index (χ1) is 28.1. The van der Waals surface area contributed by atoms with Crippen LogP contribution in [0.3, 0.4) is 0 Å². The molecule has 0 N–H and O–H groups in total. The van der Waals surface area contributed by atoms with Crippen LogP contribution in [0.5, 0.6) is 11.5 Å². The molecule has 0 aliphatic heterocycles. The fourth-order valence-electron chi connectivity index (χ4n) is 7.90. The van der Waals surface area contributed by atoms with Crippen LogP contribution in [-0.4, -0.2) is 19.1 Å². The quantitative estimate of drug-likeness (QED) is 0.125. The average molecular weight is 774 g/mol. The highest BCUT2D eigenvalue weighted by atomic mass is 16.5. The molecule has 0 amide bonds. The number of nitrogens with zero attached hydrogens (tertiary/aromatic N) is 5. The second-order valence-corrected chi connectivity index (χ2v) is 18.8.